The van der Waals surface area contributed by atoms with Crippen LogP contribution in [0.15, 0.2) is 24.3 Å². The van der Waals surface area contributed by atoms with Crippen molar-refractivity contribution in [2.45, 2.75) is 27.7 Å². The van der Waals surface area contributed by atoms with E-state index in [1.165, 1.54) is 6.92 Å². The molecule has 0 spiro atoms. The number of rotatable bonds is 3. The lowest BCUT2D eigenvalue weighted by atomic mass is 10.3. The first-order chi connectivity index (χ1) is 7.22. The molecule has 84 valence electrons. The summed E-state index contributed by atoms with van der Waals surface area (Å²) in [6, 6.07) is 7.32. The van der Waals surface area contributed by atoms with Crippen LogP contribution in [0.1, 0.15) is 27.7 Å². The lowest BCUT2D eigenvalue weighted by molar-refractivity contribution is -0.114. The second kappa shape index (κ2) is 7.85. The van der Waals surface area contributed by atoms with Gasteiger partial charge in [0.2, 0.25) is 5.91 Å². The fraction of sp³-hybridized carbons (Fsp3) is 0.417. The first-order valence-electron chi connectivity index (χ1n) is 5.23. The molecule has 15 heavy (non-hydrogen) atoms. The fourth-order valence-corrected chi connectivity index (χ4v) is 1.03. The van der Waals surface area contributed by atoms with E-state index >= 15 is 0 Å². The van der Waals surface area contributed by atoms with Gasteiger partial charge in [-0.1, -0.05) is 19.9 Å². The summed E-state index contributed by atoms with van der Waals surface area (Å²) in [4.78, 5) is 10.7. The highest BCUT2D eigenvalue weighted by atomic mass is 16.5. The van der Waals surface area contributed by atoms with Gasteiger partial charge in [-0.25, -0.2) is 0 Å². The molecule has 1 amide bonds. The molecule has 0 atom stereocenters. The van der Waals surface area contributed by atoms with Crippen LogP contribution in [-0.4, -0.2) is 12.5 Å². The van der Waals surface area contributed by atoms with E-state index < -0.39 is 0 Å². The minimum absolute atomic E-state index is 0.0753. The van der Waals surface area contributed by atoms with Gasteiger partial charge in [0.25, 0.3) is 0 Å². The maximum absolute atomic E-state index is 10.7. The third kappa shape index (κ3) is 5.73. The molecule has 3 heteroatoms. The lowest BCUT2D eigenvalue weighted by Gasteiger charge is -2.05. The third-order valence-electron chi connectivity index (χ3n) is 1.47. The van der Waals surface area contributed by atoms with Crippen LogP contribution in [0.25, 0.3) is 0 Å². The topological polar surface area (TPSA) is 38.3 Å². The van der Waals surface area contributed by atoms with E-state index in [0.29, 0.717) is 6.61 Å². The molecule has 0 saturated heterocycles. The predicted molar refractivity (Wildman–Crippen MR) is 63.3 cm³/mol. The summed E-state index contributed by atoms with van der Waals surface area (Å²) < 4.78 is 5.28. The van der Waals surface area contributed by atoms with E-state index in [4.69, 9.17) is 4.74 Å². The number of ether oxygens (including phenoxy) is 1. The van der Waals surface area contributed by atoms with Gasteiger partial charge in [-0.05, 0) is 19.1 Å². The summed E-state index contributed by atoms with van der Waals surface area (Å²) in [7, 11) is 0. The number of benzene rings is 1. The molecule has 3 nitrogen and oxygen atoms in total. The number of hydrogen-bond acceptors (Lipinski definition) is 2. The van der Waals surface area contributed by atoms with Crippen LogP contribution in [0.4, 0.5) is 5.69 Å². The number of carbonyl (C=O) groups excluding carboxylic acids is 1. The third-order valence-corrected chi connectivity index (χ3v) is 1.47. The summed E-state index contributed by atoms with van der Waals surface area (Å²) >= 11 is 0. The summed E-state index contributed by atoms with van der Waals surface area (Å²) in [5.41, 5.74) is 0.762. The Labute approximate surface area is 91.5 Å². The second-order valence-electron chi connectivity index (χ2n) is 2.64. The van der Waals surface area contributed by atoms with Crippen LogP contribution >= 0.6 is 0 Å². The molecule has 0 aliphatic heterocycles. The number of hydrogen-bond donors (Lipinski definition) is 1. The van der Waals surface area contributed by atoms with Crippen molar-refractivity contribution >= 4 is 11.6 Å². The molecule has 1 aromatic rings. The van der Waals surface area contributed by atoms with Crippen LogP contribution in [0, 0.1) is 0 Å². The highest BCUT2D eigenvalue weighted by Crippen LogP contribution is 2.16. The van der Waals surface area contributed by atoms with Gasteiger partial charge >= 0.3 is 0 Å². The second-order valence-corrected chi connectivity index (χ2v) is 2.64. The van der Waals surface area contributed by atoms with Crippen molar-refractivity contribution in [3.63, 3.8) is 0 Å². The minimum Gasteiger partial charge on any atom is -0.494 e. The molecule has 1 aromatic carbocycles. The first-order valence-corrected chi connectivity index (χ1v) is 5.23. The largest absolute Gasteiger partial charge is 0.494 e. The predicted octanol–water partition coefficient (Wildman–Crippen LogP) is 3.07. The van der Waals surface area contributed by atoms with Gasteiger partial charge in [-0.2, -0.15) is 0 Å². The van der Waals surface area contributed by atoms with Crippen molar-refractivity contribution in [2.24, 2.45) is 0 Å². The quantitative estimate of drug-likeness (QED) is 0.830. The zero-order chi connectivity index (χ0) is 11.7. The number of nitrogens with one attached hydrogen (secondary N) is 1. The van der Waals surface area contributed by atoms with E-state index in [0.717, 1.165) is 11.4 Å². The van der Waals surface area contributed by atoms with Crippen molar-refractivity contribution in [2.75, 3.05) is 11.9 Å². The van der Waals surface area contributed by atoms with Gasteiger partial charge in [-0.3, -0.25) is 4.79 Å². The Kier molecular flexibility index (Phi) is 7.06. The average molecular weight is 209 g/mol. The first kappa shape index (κ1) is 13.5. The van der Waals surface area contributed by atoms with Gasteiger partial charge in [0.15, 0.2) is 0 Å². The Morgan fingerprint density at radius 1 is 1.40 bits per heavy atom. The van der Waals surface area contributed by atoms with E-state index in [1.54, 1.807) is 6.07 Å². The Morgan fingerprint density at radius 2 is 2.07 bits per heavy atom. The molecule has 0 radical (unpaired) electrons. The van der Waals surface area contributed by atoms with Crippen LogP contribution in [0.3, 0.4) is 0 Å². The van der Waals surface area contributed by atoms with E-state index in [2.05, 4.69) is 5.32 Å². The van der Waals surface area contributed by atoms with Crippen molar-refractivity contribution in [1.82, 2.24) is 0 Å². The van der Waals surface area contributed by atoms with Crippen molar-refractivity contribution in [3.8, 4) is 5.75 Å². The van der Waals surface area contributed by atoms with Crippen LogP contribution in [0.5, 0.6) is 5.75 Å². The molecule has 0 aromatic heterocycles. The molecule has 0 aliphatic carbocycles. The smallest absolute Gasteiger partial charge is 0.221 e. The highest BCUT2D eigenvalue weighted by molar-refractivity contribution is 5.88. The van der Waals surface area contributed by atoms with Crippen molar-refractivity contribution < 1.29 is 9.53 Å². The van der Waals surface area contributed by atoms with Crippen LogP contribution in [0.2, 0.25) is 0 Å². The summed E-state index contributed by atoms with van der Waals surface area (Å²) in [6.45, 7) is 8.03. The average Bonchev–Trinajstić information content (AvgIpc) is 2.21. The summed E-state index contributed by atoms with van der Waals surface area (Å²) in [6.07, 6.45) is 0. The molecule has 0 saturated carbocycles. The molecule has 1 rings (SSSR count). The zero-order valence-corrected chi connectivity index (χ0v) is 9.83. The van der Waals surface area contributed by atoms with Crippen LogP contribution in [-0.2, 0) is 4.79 Å². The molecule has 0 bridgehead atoms. The van der Waals surface area contributed by atoms with E-state index in [-0.39, 0.29) is 5.91 Å². The molecular weight excluding hydrogens is 190 g/mol. The van der Waals surface area contributed by atoms with Crippen molar-refractivity contribution in [3.05, 3.63) is 24.3 Å². The maximum Gasteiger partial charge on any atom is 0.221 e. The highest BCUT2D eigenvalue weighted by Gasteiger charge is 1.96. The van der Waals surface area contributed by atoms with Gasteiger partial charge in [0.05, 0.1) is 6.61 Å². The maximum atomic E-state index is 10.7. The Morgan fingerprint density at radius 3 is 2.60 bits per heavy atom. The Hall–Kier alpha value is -1.51. The van der Waals surface area contributed by atoms with Gasteiger partial charge in [-0.15, -0.1) is 0 Å². The number of amides is 1. The molecule has 1 N–H and O–H groups in total. The van der Waals surface area contributed by atoms with Gasteiger partial charge in [0, 0.05) is 18.7 Å². The van der Waals surface area contributed by atoms with Crippen LogP contribution < -0.4 is 10.1 Å². The Bertz CT molecular complexity index is 297. The zero-order valence-electron chi connectivity index (χ0n) is 9.83. The summed E-state index contributed by atoms with van der Waals surface area (Å²) in [5, 5.41) is 2.68. The normalized spacial score (nSPS) is 8.53. The van der Waals surface area contributed by atoms with E-state index in [1.807, 2.05) is 39.0 Å². The molecular formula is C12H19NO2. The van der Waals surface area contributed by atoms with Gasteiger partial charge < -0.3 is 10.1 Å². The monoisotopic (exact) mass is 209 g/mol. The molecule has 0 heterocycles. The number of anilines is 1. The SMILES string of the molecule is CC.CCOc1cccc(NC(C)=O)c1. The molecule has 0 unspecified atom stereocenters. The lowest BCUT2D eigenvalue weighted by Crippen LogP contribution is -2.05. The van der Waals surface area contributed by atoms with Gasteiger partial charge in [0.1, 0.15) is 5.75 Å². The molecule has 0 fully saturated rings. The fourth-order valence-electron chi connectivity index (χ4n) is 1.03. The Balaban J connectivity index is 0.000000921. The minimum atomic E-state index is -0.0753. The summed E-state index contributed by atoms with van der Waals surface area (Å²) in [5.74, 6) is 0.697. The number of carbonyl (C=O) groups is 1. The van der Waals surface area contributed by atoms with Crippen molar-refractivity contribution in [1.29, 1.82) is 0 Å². The molecule has 0 aliphatic rings. The standard InChI is InChI=1S/C10H13NO2.C2H6/c1-3-13-10-6-4-5-9(7-10)11-8(2)12;1-2/h4-7H,3H2,1-2H3,(H,11,12);1-2H3. The van der Waals surface area contributed by atoms with E-state index in [9.17, 15) is 4.79 Å².